The molecule has 108 valence electrons. The smallest absolute Gasteiger partial charge is 0.326 e. The summed E-state index contributed by atoms with van der Waals surface area (Å²) in [6, 6.07) is 7.03. The molecule has 1 amide bonds. The molecule has 2 N–H and O–H groups in total. The minimum Gasteiger partial charge on any atom is -0.480 e. The molecule has 1 atom stereocenters. The van der Waals surface area contributed by atoms with Gasteiger partial charge in [-0.3, -0.25) is 4.79 Å². The van der Waals surface area contributed by atoms with Gasteiger partial charge in [0, 0.05) is 10.9 Å². The fraction of sp³-hybridized carbons (Fsp3) is 0.467. The van der Waals surface area contributed by atoms with Crippen molar-refractivity contribution < 1.29 is 14.7 Å². The van der Waals surface area contributed by atoms with Crippen molar-refractivity contribution in [1.29, 1.82) is 0 Å². The maximum atomic E-state index is 11.8. The zero-order valence-electron chi connectivity index (χ0n) is 11.1. The minimum absolute atomic E-state index is 0.196. The Morgan fingerprint density at radius 1 is 1.40 bits per heavy atom. The molecule has 4 nitrogen and oxygen atoms in total. The Bertz CT molecular complexity index is 500. The van der Waals surface area contributed by atoms with E-state index in [2.05, 4.69) is 21.2 Å². The zero-order chi connectivity index (χ0) is 14.5. The maximum Gasteiger partial charge on any atom is 0.326 e. The van der Waals surface area contributed by atoms with Crippen LogP contribution in [-0.2, 0) is 16.0 Å². The molecule has 0 aromatic heterocycles. The Hall–Kier alpha value is -1.36. The number of aliphatic carboxylic acids is 1. The van der Waals surface area contributed by atoms with Gasteiger partial charge in [-0.1, -0.05) is 40.9 Å². The second-order valence-electron chi connectivity index (χ2n) is 5.27. The average molecular weight is 340 g/mol. The van der Waals surface area contributed by atoms with Crippen molar-refractivity contribution in [2.45, 2.75) is 38.1 Å². The standard InChI is InChI=1S/C15H18BrNO3/c16-12-3-1-2-10(8-12)6-7-14(18)17-13(15(19)20)9-11-4-5-11/h1-3,8,11,13H,4-7,9H2,(H,17,18)(H,19,20). The molecule has 1 aromatic rings. The Kier molecular flexibility index (Phi) is 5.17. The predicted octanol–water partition coefficient (Wildman–Crippen LogP) is 2.75. The van der Waals surface area contributed by atoms with Crippen LogP contribution in [0.1, 0.15) is 31.2 Å². The number of hydrogen-bond acceptors (Lipinski definition) is 2. The monoisotopic (exact) mass is 339 g/mol. The van der Waals surface area contributed by atoms with Crippen molar-refractivity contribution in [3.8, 4) is 0 Å². The van der Waals surface area contributed by atoms with E-state index >= 15 is 0 Å². The van der Waals surface area contributed by atoms with Crippen LogP contribution in [0.15, 0.2) is 28.7 Å². The summed E-state index contributed by atoms with van der Waals surface area (Å²) in [5.41, 5.74) is 1.06. The van der Waals surface area contributed by atoms with Crippen molar-refractivity contribution in [3.63, 3.8) is 0 Å². The first kappa shape index (κ1) is 15.0. The number of carbonyl (C=O) groups excluding carboxylic acids is 1. The highest BCUT2D eigenvalue weighted by molar-refractivity contribution is 9.10. The highest BCUT2D eigenvalue weighted by Crippen LogP contribution is 2.33. The Labute approximate surface area is 126 Å². The highest BCUT2D eigenvalue weighted by atomic mass is 79.9. The van der Waals surface area contributed by atoms with Crippen LogP contribution in [-0.4, -0.2) is 23.0 Å². The lowest BCUT2D eigenvalue weighted by atomic mass is 10.1. The lowest BCUT2D eigenvalue weighted by Crippen LogP contribution is -2.41. The summed E-state index contributed by atoms with van der Waals surface area (Å²) >= 11 is 3.38. The molecule has 0 radical (unpaired) electrons. The van der Waals surface area contributed by atoms with Crippen LogP contribution in [0.4, 0.5) is 0 Å². The van der Waals surface area contributed by atoms with Gasteiger partial charge in [-0.2, -0.15) is 0 Å². The predicted molar refractivity (Wildman–Crippen MR) is 79.4 cm³/mol. The maximum absolute atomic E-state index is 11.8. The van der Waals surface area contributed by atoms with E-state index in [1.54, 1.807) is 0 Å². The molecule has 1 fully saturated rings. The lowest BCUT2D eigenvalue weighted by molar-refractivity contribution is -0.142. The summed E-state index contributed by atoms with van der Waals surface area (Å²) in [7, 11) is 0. The largest absolute Gasteiger partial charge is 0.480 e. The van der Waals surface area contributed by atoms with Gasteiger partial charge in [0.05, 0.1) is 0 Å². The van der Waals surface area contributed by atoms with Crippen molar-refractivity contribution in [3.05, 3.63) is 34.3 Å². The molecule has 0 spiro atoms. The van der Waals surface area contributed by atoms with Crippen molar-refractivity contribution in [1.82, 2.24) is 5.32 Å². The van der Waals surface area contributed by atoms with Crippen LogP contribution >= 0.6 is 15.9 Å². The summed E-state index contributed by atoms with van der Waals surface area (Å²) in [6.07, 6.45) is 3.64. The number of rotatable bonds is 7. The molecule has 1 aromatic carbocycles. The lowest BCUT2D eigenvalue weighted by Gasteiger charge is -2.14. The summed E-state index contributed by atoms with van der Waals surface area (Å²) in [5, 5.41) is 11.7. The first-order chi connectivity index (χ1) is 9.54. The van der Waals surface area contributed by atoms with E-state index in [4.69, 9.17) is 5.11 Å². The molecule has 0 heterocycles. The van der Waals surface area contributed by atoms with Gasteiger partial charge in [0.25, 0.3) is 0 Å². The number of amides is 1. The van der Waals surface area contributed by atoms with Crippen LogP contribution < -0.4 is 5.32 Å². The van der Waals surface area contributed by atoms with Gasteiger partial charge >= 0.3 is 5.97 Å². The number of aryl methyl sites for hydroxylation is 1. The highest BCUT2D eigenvalue weighted by Gasteiger charge is 2.29. The molecule has 1 unspecified atom stereocenters. The molecule has 2 rings (SSSR count). The molecule has 0 aliphatic heterocycles. The summed E-state index contributed by atoms with van der Waals surface area (Å²) in [4.78, 5) is 22.9. The number of nitrogens with one attached hydrogen (secondary N) is 1. The van der Waals surface area contributed by atoms with Crippen molar-refractivity contribution >= 4 is 27.8 Å². The number of carboxylic acid groups (broad SMARTS) is 1. The van der Waals surface area contributed by atoms with E-state index in [-0.39, 0.29) is 5.91 Å². The van der Waals surface area contributed by atoms with Gasteiger partial charge in [-0.05, 0) is 36.5 Å². The van der Waals surface area contributed by atoms with Gasteiger partial charge in [0.1, 0.15) is 6.04 Å². The quantitative estimate of drug-likeness (QED) is 0.802. The van der Waals surface area contributed by atoms with E-state index < -0.39 is 12.0 Å². The van der Waals surface area contributed by atoms with E-state index in [0.717, 1.165) is 22.9 Å². The number of benzene rings is 1. The number of carbonyl (C=O) groups is 2. The normalized spacial score (nSPS) is 15.7. The van der Waals surface area contributed by atoms with Gasteiger partial charge < -0.3 is 10.4 Å². The molecule has 1 saturated carbocycles. The van der Waals surface area contributed by atoms with Crippen LogP contribution in [0.25, 0.3) is 0 Å². The minimum atomic E-state index is -0.937. The van der Waals surface area contributed by atoms with Crippen molar-refractivity contribution in [2.75, 3.05) is 0 Å². The molecular formula is C15H18BrNO3. The van der Waals surface area contributed by atoms with Crippen LogP contribution in [0.5, 0.6) is 0 Å². The molecule has 0 saturated heterocycles. The second kappa shape index (κ2) is 6.88. The summed E-state index contributed by atoms with van der Waals surface area (Å²) in [5.74, 6) is -0.660. The van der Waals surface area contributed by atoms with Gasteiger partial charge in [-0.15, -0.1) is 0 Å². The third kappa shape index (κ3) is 4.96. The fourth-order valence-corrected chi connectivity index (χ4v) is 2.57. The van der Waals surface area contributed by atoms with Crippen LogP contribution in [0.3, 0.4) is 0 Å². The molecule has 0 bridgehead atoms. The molecular weight excluding hydrogens is 322 g/mol. The molecule has 1 aliphatic carbocycles. The third-order valence-corrected chi connectivity index (χ3v) is 3.92. The molecule has 20 heavy (non-hydrogen) atoms. The number of halogens is 1. The Morgan fingerprint density at radius 2 is 2.15 bits per heavy atom. The van der Waals surface area contributed by atoms with Crippen LogP contribution in [0, 0.1) is 5.92 Å². The van der Waals surface area contributed by atoms with Gasteiger partial charge in [0.15, 0.2) is 0 Å². The van der Waals surface area contributed by atoms with Crippen molar-refractivity contribution in [2.24, 2.45) is 5.92 Å². The summed E-state index contributed by atoms with van der Waals surface area (Å²) in [6.45, 7) is 0. The number of hydrogen-bond donors (Lipinski definition) is 2. The SMILES string of the molecule is O=C(CCc1cccc(Br)c1)NC(CC1CC1)C(=O)O. The summed E-state index contributed by atoms with van der Waals surface area (Å²) < 4.78 is 0.979. The fourth-order valence-electron chi connectivity index (χ4n) is 2.13. The van der Waals surface area contributed by atoms with E-state index in [1.165, 1.54) is 0 Å². The van der Waals surface area contributed by atoms with E-state index in [0.29, 0.717) is 25.2 Å². The van der Waals surface area contributed by atoms with Crippen LogP contribution in [0.2, 0.25) is 0 Å². The first-order valence-electron chi connectivity index (χ1n) is 6.81. The topological polar surface area (TPSA) is 66.4 Å². The van der Waals surface area contributed by atoms with Gasteiger partial charge in [-0.25, -0.2) is 4.79 Å². The Morgan fingerprint density at radius 3 is 2.75 bits per heavy atom. The second-order valence-corrected chi connectivity index (χ2v) is 6.18. The van der Waals surface area contributed by atoms with E-state index in [9.17, 15) is 9.59 Å². The van der Waals surface area contributed by atoms with E-state index in [1.807, 2.05) is 24.3 Å². The molecule has 1 aliphatic rings. The number of carboxylic acids is 1. The first-order valence-corrected chi connectivity index (χ1v) is 7.60. The third-order valence-electron chi connectivity index (χ3n) is 3.43. The molecule has 5 heteroatoms. The Balaban J connectivity index is 1.80. The average Bonchev–Trinajstić information content (AvgIpc) is 3.19. The van der Waals surface area contributed by atoms with Gasteiger partial charge in [0.2, 0.25) is 5.91 Å². The zero-order valence-corrected chi connectivity index (χ0v) is 12.7.